The first-order valence-electron chi connectivity index (χ1n) is 4.84. The van der Waals surface area contributed by atoms with Gasteiger partial charge in [-0.1, -0.05) is 17.7 Å². The predicted molar refractivity (Wildman–Crippen MR) is 76.4 cm³/mol. The van der Waals surface area contributed by atoms with Gasteiger partial charge in [-0.3, -0.25) is 4.79 Å². The SMILES string of the molecule is O=C(Nc1ccccn1)c1ccc(Cl)c(I)c1. The Morgan fingerprint density at radius 1 is 1.29 bits per heavy atom. The summed E-state index contributed by atoms with van der Waals surface area (Å²) in [4.78, 5) is 15.9. The Balaban J connectivity index is 2.18. The Hall–Kier alpha value is -1.14. The lowest BCUT2D eigenvalue weighted by Crippen LogP contribution is -2.12. The zero-order chi connectivity index (χ0) is 12.3. The Labute approximate surface area is 117 Å². The molecule has 0 bridgehead atoms. The van der Waals surface area contributed by atoms with Crippen molar-refractivity contribution >= 4 is 45.9 Å². The van der Waals surface area contributed by atoms with Crippen LogP contribution in [-0.2, 0) is 0 Å². The van der Waals surface area contributed by atoms with Gasteiger partial charge in [-0.15, -0.1) is 0 Å². The molecule has 0 saturated carbocycles. The van der Waals surface area contributed by atoms with Crippen molar-refractivity contribution in [3.8, 4) is 0 Å². The normalized spacial score (nSPS) is 10.0. The largest absolute Gasteiger partial charge is 0.307 e. The predicted octanol–water partition coefficient (Wildman–Crippen LogP) is 3.59. The first-order chi connectivity index (χ1) is 8.16. The second-order valence-electron chi connectivity index (χ2n) is 3.30. The van der Waals surface area contributed by atoms with Crippen molar-refractivity contribution in [3.05, 3.63) is 56.8 Å². The number of nitrogens with one attached hydrogen (secondary N) is 1. The van der Waals surface area contributed by atoms with Crippen molar-refractivity contribution in [1.29, 1.82) is 0 Å². The van der Waals surface area contributed by atoms with E-state index in [0.29, 0.717) is 16.4 Å². The van der Waals surface area contributed by atoms with Crippen LogP contribution in [0.2, 0.25) is 5.02 Å². The minimum absolute atomic E-state index is 0.196. The van der Waals surface area contributed by atoms with E-state index in [1.165, 1.54) is 0 Å². The highest BCUT2D eigenvalue weighted by Crippen LogP contribution is 2.19. The standard InChI is InChI=1S/C12H8ClIN2O/c13-9-5-4-8(7-10(9)14)12(17)16-11-3-1-2-6-15-11/h1-7H,(H,15,16,17). The second-order valence-corrected chi connectivity index (χ2v) is 4.87. The summed E-state index contributed by atoms with van der Waals surface area (Å²) in [5, 5.41) is 3.35. The maximum absolute atomic E-state index is 11.9. The van der Waals surface area contributed by atoms with E-state index in [1.54, 1.807) is 36.5 Å². The molecule has 1 aromatic heterocycles. The van der Waals surface area contributed by atoms with Crippen LogP contribution in [0.4, 0.5) is 5.82 Å². The number of amides is 1. The smallest absolute Gasteiger partial charge is 0.256 e. The Morgan fingerprint density at radius 3 is 2.76 bits per heavy atom. The zero-order valence-corrected chi connectivity index (χ0v) is 11.6. The zero-order valence-electron chi connectivity index (χ0n) is 8.65. The third-order valence-electron chi connectivity index (χ3n) is 2.09. The molecule has 5 heteroatoms. The fourth-order valence-electron chi connectivity index (χ4n) is 1.26. The molecule has 0 unspecified atom stereocenters. The summed E-state index contributed by atoms with van der Waals surface area (Å²) in [5.74, 6) is 0.334. The van der Waals surface area contributed by atoms with Gasteiger partial charge < -0.3 is 5.32 Å². The number of pyridine rings is 1. The molecular formula is C12H8ClIN2O. The molecule has 2 rings (SSSR count). The third-order valence-corrected chi connectivity index (χ3v) is 3.63. The van der Waals surface area contributed by atoms with Crippen LogP contribution in [0.15, 0.2) is 42.6 Å². The Bertz CT molecular complexity index is 545. The quantitative estimate of drug-likeness (QED) is 0.834. The number of carbonyl (C=O) groups excluding carboxylic acids is 1. The number of carbonyl (C=O) groups is 1. The molecule has 86 valence electrons. The van der Waals surface area contributed by atoms with Crippen LogP contribution in [0.5, 0.6) is 0 Å². The molecule has 1 amide bonds. The van der Waals surface area contributed by atoms with Crippen molar-refractivity contribution in [1.82, 2.24) is 4.98 Å². The van der Waals surface area contributed by atoms with E-state index < -0.39 is 0 Å². The summed E-state index contributed by atoms with van der Waals surface area (Å²) >= 11 is 7.98. The number of halogens is 2. The van der Waals surface area contributed by atoms with Crippen LogP contribution >= 0.6 is 34.2 Å². The fraction of sp³-hybridized carbons (Fsp3) is 0. The molecule has 0 atom stereocenters. The van der Waals surface area contributed by atoms with E-state index in [9.17, 15) is 4.79 Å². The van der Waals surface area contributed by atoms with Crippen LogP contribution in [0, 0.1) is 3.57 Å². The molecule has 0 aliphatic carbocycles. The molecule has 0 fully saturated rings. The number of aromatic nitrogens is 1. The monoisotopic (exact) mass is 358 g/mol. The van der Waals surface area contributed by atoms with Crippen LogP contribution in [-0.4, -0.2) is 10.9 Å². The van der Waals surface area contributed by atoms with Crippen molar-refractivity contribution in [2.45, 2.75) is 0 Å². The summed E-state index contributed by atoms with van der Waals surface area (Å²) in [6, 6.07) is 10.5. The van der Waals surface area contributed by atoms with Crippen molar-refractivity contribution < 1.29 is 4.79 Å². The van der Waals surface area contributed by atoms with Gasteiger partial charge in [-0.25, -0.2) is 4.98 Å². The minimum atomic E-state index is -0.196. The summed E-state index contributed by atoms with van der Waals surface area (Å²) in [6.45, 7) is 0. The molecular weight excluding hydrogens is 351 g/mol. The molecule has 1 aromatic carbocycles. The average Bonchev–Trinajstić information content (AvgIpc) is 2.34. The molecule has 0 radical (unpaired) electrons. The van der Waals surface area contributed by atoms with Gasteiger partial charge in [0.1, 0.15) is 5.82 Å². The number of rotatable bonds is 2. The highest BCUT2D eigenvalue weighted by molar-refractivity contribution is 14.1. The molecule has 0 saturated heterocycles. The van der Waals surface area contributed by atoms with Gasteiger partial charge >= 0.3 is 0 Å². The van der Waals surface area contributed by atoms with Crippen LogP contribution < -0.4 is 5.32 Å². The molecule has 17 heavy (non-hydrogen) atoms. The Morgan fingerprint density at radius 2 is 2.12 bits per heavy atom. The van der Waals surface area contributed by atoms with Crippen molar-refractivity contribution in [2.24, 2.45) is 0 Å². The molecule has 0 aliphatic rings. The maximum Gasteiger partial charge on any atom is 0.256 e. The summed E-state index contributed by atoms with van der Waals surface area (Å²) < 4.78 is 0.845. The number of nitrogens with zero attached hydrogens (tertiary/aromatic N) is 1. The number of benzene rings is 1. The fourth-order valence-corrected chi connectivity index (χ4v) is 1.90. The molecule has 1 N–H and O–H groups in total. The lowest BCUT2D eigenvalue weighted by atomic mass is 10.2. The average molecular weight is 359 g/mol. The highest BCUT2D eigenvalue weighted by Gasteiger charge is 2.08. The third kappa shape index (κ3) is 3.17. The van der Waals surface area contributed by atoms with Crippen LogP contribution in [0.3, 0.4) is 0 Å². The summed E-state index contributed by atoms with van der Waals surface area (Å²) in [6.07, 6.45) is 1.63. The molecule has 3 nitrogen and oxygen atoms in total. The maximum atomic E-state index is 11.9. The number of anilines is 1. The molecule has 1 heterocycles. The van der Waals surface area contributed by atoms with E-state index in [2.05, 4.69) is 32.9 Å². The van der Waals surface area contributed by atoms with Gasteiger partial charge in [0, 0.05) is 15.3 Å². The van der Waals surface area contributed by atoms with E-state index in [4.69, 9.17) is 11.6 Å². The minimum Gasteiger partial charge on any atom is -0.307 e. The first-order valence-corrected chi connectivity index (χ1v) is 6.30. The van der Waals surface area contributed by atoms with E-state index in [-0.39, 0.29) is 5.91 Å². The summed E-state index contributed by atoms with van der Waals surface area (Å²) in [5.41, 5.74) is 0.560. The van der Waals surface area contributed by atoms with E-state index >= 15 is 0 Å². The van der Waals surface area contributed by atoms with Crippen LogP contribution in [0.25, 0.3) is 0 Å². The number of hydrogen-bond acceptors (Lipinski definition) is 2. The lowest BCUT2D eigenvalue weighted by Gasteiger charge is -2.05. The molecule has 0 aliphatic heterocycles. The first kappa shape index (κ1) is 12.3. The van der Waals surface area contributed by atoms with Gasteiger partial charge in [-0.2, -0.15) is 0 Å². The van der Waals surface area contributed by atoms with Gasteiger partial charge in [0.05, 0.1) is 5.02 Å². The highest BCUT2D eigenvalue weighted by atomic mass is 127. The van der Waals surface area contributed by atoms with Gasteiger partial charge in [0.25, 0.3) is 5.91 Å². The van der Waals surface area contributed by atoms with Crippen LogP contribution in [0.1, 0.15) is 10.4 Å². The van der Waals surface area contributed by atoms with E-state index in [0.717, 1.165) is 3.57 Å². The van der Waals surface area contributed by atoms with Gasteiger partial charge in [0.15, 0.2) is 0 Å². The van der Waals surface area contributed by atoms with Crippen molar-refractivity contribution in [3.63, 3.8) is 0 Å². The van der Waals surface area contributed by atoms with Crippen molar-refractivity contribution in [2.75, 3.05) is 5.32 Å². The number of hydrogen-bond donors (Lipinski definition) is 1. The summed E-state index contributed by atoms with van der Waals surface area (Å²) in [7, 11) is 0. The topological polar surface area (TPSA) is 42.0 Å². The molecule has 0 spiro atoms. The van der Waals surface area contributed by atoms with Gasteiger partial charge in [-0.05, 0) is 52.9 Å². The van der Waals surface area contributed by atoms with E-state index in [1.807, 2.05) is 6.07 Å². The second kappa shape index (κ2) is 5.46. The molecule has 2 aromatic rings. The van der Waals surface area contributed by atoms with Gasteiger partial charge in [0.2, 0.25) is 0 Å². The Kier molecular flexibility index (Phi) is 3.96. The lowest BCUT2D eigenvalue weighted by molar-refractivity contribution is 0.102.